The number of ether oxygens (including phenoxy) is 1. The van der Waals surface area contributed by atoms with Crippen LogP contribution < -0.4 is 0 Å². The van der Waals surface area contributed by atoms with Crippen LogP contribution >= 0.6 is 0 Å². The number of allylic oxidation sites excluding steroid dienone is 2. The topological polar surface area (TPSA) is 29.5 Å². The Kier molecular flexibility index (Phi) is 19.4. The lowest BCUT2D eigenvalue weighted by Gasteiger charge is -2.09. The van der Waals surface area contributed by atoms with E-state index in [2.05, 4.69) is 19.1 Å². The largest absolute Gasteiger partial charge is 0.394 e. The average molecular weight is 327 g/mol. The van der Waals surface area contributed by atoms with E-state index < -0.39 is 0 Å². The standard InChI is InChI=1S/C21H42O2/c1-3-4-5-6-7-8-9-10-11-12-13-14-15-16-17-18-19-23-21(2)20-22/h10-11,21-22H,3-9,12-20H2,1-2H3/b11-10-. The molecule has 0 aromatic rings. The van der Waals surface area contributed by atoms with Crippen LogP contribution in [0.5, 0.6) is 0 Å². The summed E-state index contributed by atoms with van der Waals surface area (Å²) < 4.78 is 5.45. The van der Waals surface area contributed by atoms with Crippen molar-refractivity contribution in [1.82, 2.24) is 0 Å². The molecule has 0 radical (unpaired) electrons. The molecule has 0 aliphatic carbocycles. The van der Waals surface area contributed by atoms with Crippen molar-refractivity contribution < 1.29 is 9.84 Å². The molecular formula is C21H42O2. The zero-order valence-electron chi connectivity index (χ0n) is 15.9. The van der Waals surface area contributed by atoms with Crippen LogP contribution in [-0.2, 0) is 4.74 Å². The van der Waals surface area contributed by atoms with E-state index in [-0.39, 0.29) is 12.7 Å². The summed E-state index contributed by atoms with van der Waals surface area (Å²) in [6, 6.07) is 0. The molecule has 0 saturated carbocycles. The van der Waals surface area contributed by atoms with Crippen LogP contribution in [0.3, 0.4) is 0 Å². The van der Waals surface area contributed by atoms with Gasteiger partial charge in [-0.2, -0.15) is 0 Å². The molecule has 0 heterocycles. The molecule has 0 aromatic heterocycles. The van der Waals surface area contributed by atoms with Crippen LogP contribution in [0, 0.1) is 0 Å². The Morgan fingerprint density at radius 1 is 0.739 bits per heavy atom. The predicted octanol–water partition coefficient (Wildman–Crippen LogP) is 6.42. The minimum absolute atomic E-state index is 0.00173. The first-order chi connectivity index (χ1) is 11.3. The molecule has 0 spiro atoms. The zero-order valence-corrected chi connectivity index (χ0v) is 15.9. The normalized spacial score (nSPS) is 13.0. The van der Waals surface area contributed by atoms with Crippen LogP contribution in [-0.4, -0.2) is 24.4 Å². The minimum Gasteiger partial charge on any atom is -0.394 e. The maximum atomic E-state index is 8.84. The van der Waals surface area contributed by atoms with Crippen molar-refractivity contribution in [2.45, 2.75) is 110 Å². The Balaban J connectivity index is 3.08. The van der Waals surface area contributed by atoms with Crippen molar-refractivity contribution in [2.75, 3.05) is 13.2 Å². The molecule has 1 N–H and O–H groups in total. The number of aliphatic hydroxyl groups excluding tert-OH is 1. The monoisotopic (exact) mass is 326 g/mol. The first kappa shape index (κ1) is 22.7. The van der Waals surface area contributed by atoms with Gasteiger partial charge in [-0.05, 0) is 39.0 Å². The van der Waals surface area contributed by atoms with E-state index in [4.69, 9.17) is 9.84 Å². The fraction of sp³-hybridized carbons (Fsp3) is 0.905. The minimum atomic E-state index is -0.00173. The number of hydrogen-bond donors (Lipinski definition) is 1. The summed E-state index contributed by atoms with van der Waals surface area (Å²) in [5.74, 6) is 0. The van der Waals surface area contributed by atoms with E-state index in [0.29, 0.717) is 0 Å². The summed E-state index contributed by atoms with van der Waals surface area (Å²) >= 11 is 0. The van der Waals surface area contributed by atoms with Crippen LogP contribution in [0.15, 0.2) is 12.2 Å². The lowest BCUT2D eigenvalue weighted by atomic mass is 10.1. The molecule has 0 aromatic carbocycles. The van der Waals surface area contributed by atoms with Gasteiger partial charge in [-0.15, -0.1) is 0 Å². The van der Waals surface area contributed by atoms with Gasteiger partial charge < -0.3 is 9.84 Å². The molecule has 0 aliphatic rings. The third kappa shape index (κ3) is 19.6. The van der Waals surface area contributed by atoms with E-state index in [9.17, 15) is 0 Å². The molecule has 2 nitrogen and oxygen atoms in total. The Bertz CT molecular complexity index is 238. The van der Waals surface area contributed by atoms with Crippen LogP contribution in [0.25, 0.3) is 0 Å². The molecule has 0 saturated heterocycles. The summed E-state index contributed by atoms with van der Waals surface area (Å²) in [6.07, 6.45) is 23.4. The molecule has 0 amide bonds. The highest BCUT2D eigenvalue weighted by Gasteiger charge is 1.98. The molecular weight excluding hydrogens is 284 g/mol. The van der Waals surface area contributed by atoms with E-state index in [1.165, 1.54) is 83.5 Å². The number of aliphatic hydroxyl groups is 1. The van der Waals surface area contributed by atoms with Gasteiger partial charge in [0, 0.05) is 6.61 Å². The fourth-order valence-electron chi connectivity index (χ4n) is 2.69. The van der Waals surface area contributed by atoms with Crippen LogP contribution in [0.1, 0.15) is 104 Å². The number of hydrogen-bond acceptors (Lipinski definition) is 2. The van der Waals surface area contributed by atoms with E-state index in [1.54, 1.807) is 0 Å². The van der Waals surface area contributed by atoms with Gasteiger partial charge in [-0.25, -0.2) is 0 Å². The zero-order chi connectivity index (χ0) is 17.0. The smallest absolute Gasteiger partial charge is 0.0777 e. The summed E-state index contributed by atoms with van der Waals surface area (Å²) in [4.78, 5) is 0. The second-order valence-electron chi connectivity index (χ2n) is 6.80. The van der Waals surface area contributed by atoms with Gasteiger partial charge in [0.05, 0.1) is 12.7 Å². The first-order valence-electron chi connectivity index (χ1n) is 10.2. The van der Waals surface area contributed by atoms with Gasteiger partial charge in [0.25, 0.3) is 0 Å². The van der Waals surface area contributed by atoms with Crippen molar-refractivity contribution in [3.8, 4) is 0 Å². The van der Waals surface area contributed by atoms with Crippen LogP contribution in [0.4, 0.5) is 0 Å². The maximum Gasteiger partial charge on any atom is 0.0777 e. The van der Waals surface area contributed by atoms with Gasteiger partial charge in [0.2, 0.25) is 0 Å². The van der Waals surface area contributed by atoms with Gasteiger partial charge in [0.15, 0.2) is 0 Å². The van der Waals surface area contributed by atoms with Crippen molar-refractivity contribution in [2.24, 2.45) is 0 Å². The molecule has 138 valence electrons. The molecule has 1 unspecified atom stereocenters. The highest BCUT2D eigenvalue weighted by molar-refractivity contribution is 4.81. The Labute approximate surface area is 145 Å². The molecule has 0 fully saturated rings. The van der Waals surface area contributed by atoms with Gasteiger partial charge in [-0.1, -0.05) is 76.9 Å². The second kappa shape index (κ2) is 19.7. The van der Waals surface area contributed by atoms with Gasteiger partial charge >= 0.3 is 0 Å². The van der Waals surface area contributed by atoms with E-state index in [0.717, 1.165) is 13.0 Å². The van der Waals surface area contributed by atoms with Crippen molar-refractivity contribution in [3.05, 3.63) is 12.2 Å². The van der Waals surface area contributed by atoms with E-state index >= 15 is 0 Å². The summed E-state index contributed by atoms with van der Waals surface area (Å²) in [5.41, 5.74) is 0. The molecule has 0 aliphatic heterocycles. The molecule has 2 heteroatoms. The second-order valence-corrected chi connectivity index (χ2v) is 6.80. The highest BCUT2D eigenvalue weighted by atomic mass is 16.5. The lowest BCUT2D eigenvalue weighted by Crippen LogP contribution is -2.13. The Morgan fingerprint density at radius 2 is 1.22 bits per heavy atom. The Hall–Kier alpha value is -0.340. The van der Waals surface area contributed by atoms with Crippen molar-refractivity contribution >= 4 is 0 Å². The molecule has 1 atom stereocenters. The SMILES string of the molecule is CCCCCCCC/C=C\CCCCCCCCOC(C)CO. The maximum absolute atomic E-state index is 8.84. The molecule has 23 heavy (non-hydrogen) atoms. The van der Waals surface area contributed by atoms with Gasteiger partial charge in [-0.3, -0.25) is 0 Å². The predicted molar refractivity (Wildman–Crippen MR) is 102 cm³/mol. The fourth-order valence-corrected chi connectivity index (χ4v) is 2.69. The van der Waals surface area contributed by atoms with Crippen LogP contribution in [0.2, 0.25) is 0 Å². The van der Waals surface area contributed by atoms with E-state index in [1.807, 2.05) is 6.92 Å². The highest BCUT2D eigenvalue weighted by Crippen LogP contribution is 2.10. The quantitative estimate of drug-likeness (QED) is 0.232. The average Bonchev–Trinajstić information content (AvgIpc) is 2.57. The summed E-state index contributed by atoms with van der Waals surface area (Å²) in [6.45, 7) is 5.12. The van der Waals surface area contributed by atoms with Gasteiger partial charge in [0.1, 0.15) is 0 Å². The van der Waals surface area contributed by atoms with Crippen molar-refractivity contribution in [1.29, 1.82) is 0 Å². The van der Waals surface area contributed by atoms with Crippen molar-refractivity contribution in [3.63, 3.8) is 0 Å². The molecule has 0 bridgehead atoms. The first-order valence-corrected chi connectivity index (χ1v) is 10.2. The third-order valence-electron chi connectivity index (χ3n) is 4.32. The lowest BCUT2D eigenvalue weighted by molar-refractivity contribution is 0.0231. The number of unbranched alkanes of at least 4 members (excludes halogenated alkanes) is 12. The third-order valence-corrected chi connectivity index (χ3v) is 4.32. The number of rotatable bonds is 18. The Morgan fingerprint density at radius 3 is 1.74 bits per heavy atom. The molecule has 0 rings (SSSR count). The summed E-state index contributed by atoms with van der Waals surface area (Å²) in [7, 11) is 0. The summed E-state index contributed by atoms with van der Waals surface area (Å²) in [5, 5.41) is 8.84.